The molecule has 0 aromatic carbocycles. The van der Waals surface area contributed by atoms with Crippen molar-refractivity contribution in [2.45, 2.75) is 59.8 Å². The zero-order chi connectivity index (χ0) is 23.3. The van der Waals surface area contributed by atoms with Gasteiger partial charge in [-0.3, -0.25) is 0 Å². The molecule has 0 aromatic rings. The van der Waals surface area contributed by atoms with Crippen molar-refractivity contribution in [2.75, 3.05) is 33.5 Å². The minimum absolute atomic E-state index is 0.156. The van der Waals surface area contributed by atoms with Crippen LogP contribution in [-0.4, -0.2) is 60.8 Å². The van der Waals surface area contributed by atoms with Gasteiger partial charge in [0.15, 0.2) is 0 Å². The molecule has 0 rings (SSSR count). The van der Waals surface area contributed by atoms with E-state index in [2.05, 4.69) is 31.7 Å². The summed E-state index contributed by atoms with van der Waals surface area (Å²) in [6, 6.07) is 0. The van der Waals surface area contributed by atoms with Crippen LogP contribution in [0.3, 0.4) is 0 Å². The zero-order valence-electron chi connectivity index (χ0n) is 18.9. The largest absolute Gasteiger partial charge is 0.466 e. The molecule has 3 N–H and O–H groups in total. The number of hydrogen-bond acceptors (Lipinski definition) is 7. The highest BCUT2D eigenvalue weighted by Crippen LogP contribution is 2.18. The summed E-state index contributed by atoms with van der Waals surface area (Å²) in [4.78, 5) is 21.0. The lowest BCUT2D eigenvalue weighted by molar-refractivity contribution is -0.139. The lowest BCUT2D eigenvalue weighted by atomic mass is 9.88. The molecule has 7 nitrogen and oxygen atoms in total. The Morgan fingerprint density at radius 3 is 1.83 bits per heavy atom. The van der Waals surface area contributed by atoms with Gasteiger partial charge in [0.2, 0.25) is 0 Å². The Labute approximate surface area is 176 Å². The molecule has 0 aliphatic carbocycles. The Hall–Kier alpha value is -1.70. The summed E-state index contributed by atoms with van der Waals surface area (Å²) in [7, 11) is 1.33. The van der Waals surface area contributed by atoms with Crippen molar-refractivity contribution in [1.82, 2.24) is 0 Å². The molecule has 0 radical (unpaired) electrons. The van der Waals surface area contributed by atoms with E-state index in [9.17, 15) is 9.59 Å². The standard InChI is InChI=1S/C11H20O2.C6H14O3.C5H8O2/c1-4-7-8-10(5-2)9-13-11(12)6-3;1-2-6(3-7,4-8)5-9;1-4(2)5(6)7-3/h6,10H,3-5,7-9H2,1-2H3;7-9H,2-5H2,1H3;1H2,2-3H3. The van der Waals surface area contributed by atoms with Crippen molar-refractivity contribution in [3.05, 3.63) is 24.8 Å². The number of esters is 2. The van der Waals surface area contributed by atoms with Crippen LogP contribution in [0.1, 0.15) is 59.8 Å². The van der Waals surface area contributed by atoms with Crippen LogP contribution in [0.5, 0.6) is 0 Å². The minimum atomic E-state index is -0.667. The number of methoxy groups -OCH3 is 1. The molecule has 0 spiro atoms. The van der Waals surface area contributed by atoms with Gasteiger partial charge < -0.3 is 24.8 Å². The molecule has 0 saturated carbocycles. The quantitative estimate of drug-likeness (QED) is 0.330. The summed E-state index contributed by atoms with van der Waals surface area (Å²) in [5.41, 5.74) is -0.234. The van der Waals surface area contributed by atoms with Crippen molar-refractivity contribution in [3.63, 3.8) is 0 Å². The topological polar surface area (TPSA) is 113 Å². The Kier molecular flexibility index (Phi) is 23.2. The Balaban J connectivity index is -0.000000370. The van der Waals surface area contributed by atoms with Gasteiger partial charge in [-0.15, -0.1) is 0 Å². The molecule has 0 amide bonds. The van der Waals surface area contributed by atoms with Gasteiger partial charge in [0.1, 0.15) is 0 Å². The second-order valence-electron chi connectivity index (χ2n) is 6.85. The van der Waals surface area contributed by atoms with Crippen molar-refractivity contribution in [3.8, 4) is 0 Å². The molecule has 0 heterocycles. The van der Waals surface area contributed by atoms with E-state index in [0.717, 1.165) is 12.8 Å². The fourth-order valence-corrected chi connectivity index (χ4v) is 1.82. The third-order valence-electron chi connectivity index (χ3n) is 4.46. The van der Waals surface area contributed by atoms with Gasteiger partial charge in [-0.25, -0.2) is 9.59 Å². The number of carbonyl (C=O) groups is 2. The van der Waals surface area contributed by atoms with E-state index in [4.69, 9.17) is 20.1 Å². The second kappa shape index (κ2) is 21.0. The van der Waals surface area contributed by atoms with Crippen LogP contribution in [0.15, 0.2) is 24.8 Å². The number of hydrogen-bond donors (Lipinski definition) is 3. The molecule has 0 aromatic heterocycles. The highest BCUT2D eigenvalue weighted by atomic mass is 16.5. The van der Waals surface area contributed by atoms with Crippen LogP contribution >= 0.6 is 0 Å². The van der Waals surface area contributed by atoms with E-state index in [1.165, 1.54) is 26.0 Å². The van der Waals surface area contributed by atoms with E-state index < -0.39 is 5.41 Å². The summed E-state index contributed by atoms with van der Waals surface area (Å²) >= 11 is 0. The van der Waals surface area contributed by atoms with Gasteiger partial charge in [-0.2, -0.15) is 0 Å². The third-order valence-corrected chi connectivity index (χ3v) is 4.46. The van der Waals surface area contributed by atoms with Gasteiger partial charge in [-0.1, -0.05) is 53.2 Å². The van der Waals surface area contributed by atoms with E-state index in [0.29, 0.717) is 24.5 Å². The normalized spacial score (nSPS) is 11.0. The van der Waals surface area contributed by atoms with Gasteiger partial charge in [0.25, 0.3) is 0 Å². The Morgan fingerprint density at radius 2 is 1.62 bits per heavy atom. The summed E-state index contributed by atoms with van der Waals surface area (Å²) in [6.07, 6.45) is 6.45. The number of aliphatic hydroxyl groups is 3. The Bertz CT molecular complexity index is 425. The first-order valence-corrected chi connectivity index (χ1v) is 10.0. The van der Waals surface area contributed by atoms with Crippen molar-refractivity contribution in [1.29, 1.82) is 0 Å². The minimum Gasteiger partial charge on any atom is -0.466 e. The maximum Gasteiger partial charge on any atom is 0.332 e. The number of ether oxygens (including phenoxy) is 2. The smallest absolute Gasteiger partial charge is 0.332 e. The van der Waals surface area contributed by atoms with Crippen LogP contribution in [0.4, 0.5) is 0 Å². The predicted molar refractivity (Wildman–Crippen MR) is 115 cm³/mol. The average Bonchev–Trinajstić information content (AvgIpc) is 2.75. The average molecular weight is 419 g/mol. The molecule has 29 heavy (non-hydrogen) atoms. The first-order valence-electron chi connectivity index (χ1n) is 10.0. The Morgan fingerprint density at radius 1 is 1.10 bits per heavy atom. The summed E-state index contributed by atoms with van der Waals surface area (Å²) in [5.74, 6) is -0.140. The van der Waals surface area contributed by atoms with Crippen LogP contribution in [0, 0.1) is 11.3 Å². The molecule has 1 unspecified atom stereocenters. The molecule has 0 aliphatic rings. The highest BCUT2D eigenvalue weighted by Gasteiger charge is 2.24. The number of rotatable bonds is 12. The van der Waals surface area contributed by atoms with Gasteiger partial charge in [-0.05, 0) is 25.7 Å². The van der Waals surface area contributed by atoms with Crippen molar-refractivity contribution < 1.29 is 34.4 Å². The molecule has 0 fully saturated rings. The molecule has 7 heteroatoms. The lowest BCUT2D eigenvalue weighted by Crippen LogP contribution is -2.32. The maximum atomic E-state index is 10.8. The van der Waals surface area contributed by atoms with Gasteiger partial charge in [0.05, 0.1) is 33.5 Å². The van der Waals surface area contributed by atoms with Gasteiger partial charge >= 0.3 is 11.9 Å². The van der Waals surface area contributed by atoms with Crippen molar-refractivity contribution in [2.24, 2.45) is 11.3 Å². The monoisotopic (exact) mass is 418 g/mol. The summed E-state index contributed by atoms with van der Waals surface area (Å²) in [6.45, 7) is 14.5. The van der Waals surface area contributed by atoms with E-state index in [-0.39, 0.29) is 31.8 Å². The predicted octanol–water partition coefficient (Wildman–Crippen LogP) is 3.03. The fourth-order valence-electron chi connectivity index (χ4n) is 1.82. The summed E-state index contributed by atoms with van der Waals surface area (Å²) < 4.78 is 9.26. The third kappa shape index (κ3) is 18.1. The molecule has 0 aliphatic heterocycles. The van der Waals surface area contributed by atoms with E-state index in [1.54, 1.807) is 6.92 Å². The van der Waals surface area contributed by atoms with Crippen LogP contribution in [0.25, 0.3) is 0 Å². The van der Waals surface area contributed by atoms with Crippen LogP contribution in [-0.2, 0) is 19.1 Å². The van der Waals surface area contributed by atoms with Crippen LogP contribution in [0.2, 0.25) is 0 Å². The number of carbonyl (C=O) groups excluding carboxylic acids is 2. The fraction of sp³-hybridized carbons (Fsp3) is 0.727. The maximum absolute atomic E-state index is 10.8. The molecular formula is C22H42O7. The van der Waals surface area contributed by atoms with E-state index >= 15 is 0 Å². The molecule has 0 saturated heterocycles. The van der Waals surface area contributed by atoms with Crippen molar-refractivity contribution >= 4 is 11.9 Å². The first kappa shape index (κ1) is 32.0. The summed E-state index contributed by atoms with van der Waals surface area (Å²) in [5, 5.41) is 26.0. The number of unbranched alkanes of at least 4 members (excludes halogenated alkanes) is 1. The van der Waals surface area contributed by atoms with Crippen LogP contribution < -0.4 is 0 Å². The second-order valence-corrected chi connectivity index (χ2v) is 6.85. The highest BCUT2D eigenvalue weighted by molar-refractivity contribution is 5.86. The molecule has 1 atom stereocenters. The molecule has 0 bridgehead atoms. The molecular weight excluding hydrogens is 376 g/mol. The van der Waals surface area contributed by atoms with Gasteiger partial charge in [0, 0.05) is 17.1 Å². The first-order chi connectivity index (χ1) is 13.7. The van der Waals surface area contributed by atoms with E-state index in [1.807, 2.05) is 6.92 Å². The number of aliphatic hydroxyl groups excluding tert-OH is 3. The zero-order valence-corrected chi connectivity index (χ0v) is 18.9. The lowest BCUT2D eigenvalue weighted by Gasteiger charge is -2.24. The SMILES string of the molecule is C=C(C)C(=O)OC.C=CC(=O)OCC(CC)CCCC.CCC(CO)(CO)CO. The molecule has 172 valence electrons.